The third-order valence-corrected chi connectivity index (χ3v) is 4.99. The number of pyridine rings is 1. The molecule has 2 nitrogen and oxygen atoms in total. The summed E-state index contributed by atoms with van der Waals surface area (Å²) in [4.78, 5) is 13.0. The second-order valence-electron chi connectivity index (χ2n) is 7.16. The van der Waals surface area contributed by atoms with Gasteiger partial charge in [0.15, 0.2) is 5.43 Å². The van der Waals surface area contributed by atoms with Gasteiger partial charge in [-0.15, -0.1) is 0 Å². The van der Waals surface area contributed by atoms with Crippen molar-refractivity contribution in [1.82, 2.24) is 4.57 Å². The monoisotopic (exact) mass is 333 g/mol. The van der Waals surface area contributed by atoms with Gasteiger partial charge in [-0.3, -0.25) is 4.79 Å². The molecule has 0 unspecified atom stereocenters. The van der Waals surface area contributed by atoms with E-state index in [0.717, 1.165) is 41.4 Å². The Morgan fingerprint density at radius 2 is 1.64 bits per heavy atom. The van der Waals surface area contributed by atoms with E-state index in [1.165, 1.54) is 22.3 Å². The maximum absolute atomic E-state index is 13.0. The molecule has 0 aliphatic heterocycles. The van der Waals surface area contributed by atoms with Gasteiger partial charge in [-0.05, 0) is 62.4 Å². The minimum absolute atomic E-state index is 0.151. The summed E-state index contributed by atoms with van der Waals surface area (Å²) >= 11 is 0. The summed E-state index contributed by atoms with van der Waals surface area (Å²) in [5.41, 5.74) is 7.98. The molecule has 0 spiro atoms. The van der Waals surface area contributed by atoms with Crippen molar-refractivity contribution < 1.29 is 0 Å². The van der Waals surface area contributed by atoms with Crippen LogP contribution in [0.15, 0.2) is 41.3 Å². The zero-order valence-electron chi connectivity index (χ0n) is 15.9. The van der Waals surface area contributed by atoms with Crippen LogP contribution in [-0.4, -0.2) is 4.57 Å². The fraction of sp³-hybridized carbons (Fsp3) is 0.348. The predicted octanol–water partition coefficient (Wildman–Crippen LogP) is 5.70. The Morgan fingerprint density at radius 3 is 2.28 bits per heavy atom. The molecule has 25 heavy (non-hydrogen) atoms. The van der Waals surface area contributed by atoms with Gasteiger partial charge in [-0.25, -0.2) is 0 Å². The van der Waals surface area contributed by atoms with Gasteiger partial charge in [-0.1, -0.05) is 43.2 Å². The molecule has 0 radical (unpaired) electrons. The first-order valence-electron chi connectivity index (χ1n) is 9.15. The first-order valence-corrected chi connectivity index (χ1v) is 9.15. The van der Waals surface area contributed by atoms with Crippen LogP contribution in [-0.2, 0) is 6.54 Å². The number of rotatable bonds is 4. The van der Waals surface area contributed by atoms with Gasteiger partial charge in [0.25, 0.3) is 0 Å². The average Bonchev–Trinajstić information content (AvgIpc) is 2.56. The standard InChI is InChI=1S/C23H27NO/c1-6-7-11-24-14-18(5)23(25)22-19(9-8-10-20(22)24)21-16(3)12-15(2)13-17(21)4/h8-10,12-14H,6-7,11H2,1-5H3. The molecule has 0 aliphatic rings. The summed E-state index contributed by atoms with van der Waals surface area (Å²) in [6.45, 7) is 11.5. The summed E-state index contributed by atoms with van der Waals surface area (Å²) in [6.07, 6.45) is 4.27. The lowest BCUT2D eigenvalue weighted by atomic mass is 9.91. The van der Waals surface area contributed by atoms with E-state index in [1.54, 1.807) is 0 Å². The second kappa shape index (κ2) is 6.87. The van der Waals surface area contributed by atoms with Gasteiger partial charge in [0.2, 0.25) is 0 Å². The molecule has 0 saturated carbocycles. The number of benzene rings is 2. The van der Waals surface area contributed by atoms with Crippen LogP contribution in [0.4, 0.5) is 0 Å². The summed E-state index contributed by atoms with van der Waals surface area (Å²) in [7, 11) is 0. The Bertz CT molecular complexity index is 972. The van der Waals surface area contributed by atoms with E-state index >= 15 is 0 Å². The second-order valence-corrected chi connectivity index (χ2v) is 7.16. The number of unbranched alkanes of at least 4 members (excludes halogenated alkanes) is 1. The Morgan fingerprint density at radius 1 is 0.960 bits per heavy atom. The van der Waals surface area contributed by atoms with Crippen LogP contribution >= 0.6 is 0 Å². The number of aryl methyl sites for hydroxylation is 5. The van der Waals surface area contributed by atoms with Crippen LogP contribution in [0.3, 0.4) is 0 Å². The van der Waals surface area contributed by atoms with Crippen LogP contribution < -0.4 is 5.43 Å². The molecule has 3 rings (SSSR count). The van der Waals surface area contributed by atoms with Crippen LogP contribution in [0.25, 0.3) is 22.0 Å². The highest BCUT2D eigenvalue weighted by Crippen LogP contribution is 2.33. The number of aromatic nitrogens is 1. The van der Waals surface area contributed by atoms with Crippen LogP contribution in [0.5, 0.6) is 0 Å². The number of nitrogens with zero attached hydrogens (tertiary/aromatic N) is 1. The zero-order chi connectivity index (χ0) is 18.1. The summed E-state index contributed by atoms with van der Waals surface area (Å²) in [5, 5.41) is 0.855. The number of hydrogen-bond donors (Lipinski definition) is 0. The summed E-state index contributed by atoms with van der Waals surface area (Å²) < 4.78 is 2.25. The first kappa shape index (κ1) is 17.5. The van der Waals surface area contributed by atoms with Gasteiger partial charge in [0, 0.05) is 18.3 Å². The molecule has 0 N–H and O–H groups in total. The highest BCUT2D eigenvalue weighted by molar-refractivity contribution is 5.96. The maximum atomic E-state index is 13.0. The van der Waals surface area contributed by atoms with Crippen molar-refractivity contribution in [1.29, 1.82) is 0 Å². The highest BCUT2D eigenvalue weighted by atomic mass is 16.1. The van der Waals surface area contributed by atoms with Crippen molar-refractivity contribution in [2.24, 2.45) is 0 Å². The highest BCUT2D eigenvalue weighted by Gasteiger charge is 2.15. The van der Waals surface area contributed by atoms with Gasteiger partial charge in [0.1, 0.15) is 0 Å². The molecule has 1 aromatic heterocycles. The lowest BCUT2D eigenvalue weighted by Crippen LogP contribution is -2.13. The van der Waals surface area contributed by atoms with E-state index in [2.05, 4.69) is 62.6 Å². The molecule has 0 saturated heterocycles. The van der Waals surface area contributed by atoms with Gasteiger partial charge in [0.05, 0.1) is 10.9 Å². The first-order chi connectivity index (χ1) is 11.9. The van der Waals surface area contributed by atoms with Crippen molar-refractivity contribution in [2.75, 3.05) is 0 Å². The molecule has 0 aliphatic carbocycles. The molecule has 2 heteroatoms. The molecule has 2 aromatic carbocycles. The normalized spacial score (nSPS) is 11.2. The van der Waals surface area contributed by atoms with E-state index in [0.29, 0.717) is 0 Å². The van der Waals surface area contributed by atoms with Crippen molar-refractivity contribution in [3.05, 3.63) is 69.0 Å². The smallest absolute Gasteiger partial charge is 0.192 e. The Kier molecular flexibility index (Phi) is 4.80. The predicted molar refractivity (Wildman–Crippen MR) is 108 cm³/mol. The molecule has 130 valence electrons. The van der Waals surface area contributed by atoms with Gasteiger partial charge >= 0.3 is 0 Å². The molecule has 0 amide bonds. The molecule has 0 bridgehead atoms. The van der Waals surface area contributed by atoms with E-state index in [-0.39, 0.29) is 5.43 Å². The van der Waals surface area contributed by atoms with E-state index < -0.39 is 0 Å². The summed E-state index contributed by atoms with van der Waals surface area (Å²) in [6, 6.07) is 10.7. The minimum Gasteiger partial charge on any atom is -0.347 e. The van der Waals surface area contributed by atoms with Crippen LogP contribution in [0.2, 0.25) is 0 Å². The SMILES string of the molecule is CCCCn1cc(C)c(=O)c2c(-c3c(C)cc(C)cc3C)cccc21. The molecule has 3 aromatic rings. The maximum Gasteiger partial charge on any atom is 0.192 e. The number of fused-ring (bicyclic) bond motifs is 1. The van der Waals surface area contributed by atoms with Crippen molar-refractivity contribution in [2.45, 2.75) is 54.0 Å². The average molecular weight is 333 g/mol. The fourth-order valence-corrected chi connectivity index (χ4v) is 3.90. The number of hydrogen-bond acceptors (Lipinski definition) is 1. The quantitative estimate of drug-likeness (QED) is 0.600. The van der Waals surface area contributed by atoms with Crippen LogP contribution in [0, 0.1) is 27.7 Å². The largest absolute Gasteiger partial charge is 0.347 e. The molecule has 0 fully saturated rings. The Balaban J connectivity index is 2.38. The lowest BCUT2D eigenvalue weighted by molar-refractivity contribution is 0.644. The molecule has 0 atom stereocenters. The van der Waals surface area contributed by atoms with Crippen molar-refractivity contribution in [3.8, 4) is 11.1 Å². The molecular weight excluding hydrogens is 306 g/mol. The zero-order valence-corrected chi connectivity index (χ0v) is 15.9. The molecular formula is C23H27NO. The molecule has 1 heterocycles. The van der Waals surface area contributed by atoms with Crippen molar-refractivity contribution >= 4 is 10.9 Å². The minimum atomic E-state index is 0.151. The topological polar surface area (TPSA) is 22.0 Å². The van der Waals surface area contributed by atoms with E-state index in [9.17, 15) is 4.79 Å². The third-order valence-electron chi connectivity index (χ3n) is 4.99. The van der Waals surface area contributed by atoms with E-state index in [1.807, 2.05) is 13.1 Å². The van der Waals surface area contributed by atoms with Gasteiger partial charge in [-0.2, -0.15) is 0 Å². The summed E-state index contributed by atoms with van der Waals surface area (Å²) in [5.74, 6) is 0. The third kappa shape index (κ3) is 3.13. The fourth-order valence-electron chi connectivity index (χ4n) is 3.90. The Labute approximate surface area is 150 Å². The van der Waals surface area contributed by atoms with Gasteiger partial charge < -0.3 is 4.57 Å². The van der Waals surface area contributed by atoms with Crippen LogP contribution in [0.1, 0.15) is 42.0 Å². The Hall–Kier alpha value is -2.35. The lowest BCUT2D eigenvalue weighted by Gasteiger charge is -2.17. The van der Waals surface area contributed by atoms with E-state index in [4.69, 9.17) is 0 Å². The van der Waals surface area contributed by atoms with Crippen molar-refractivity contribution in [3.63, 3.8) is 0 Å².